The van der Waals surface area contributed by atoms with Crippen molar-refractivity contribution >= 4 is 5.91 Å². The van der Waals surface area contributed by atoms with Gasteiger partial charge in [-0.05, 0) is 60.4 Å². The van der Waals surface area contributed by atoms with Gasteiger partial charge in [0.25, 0.3) is 5.91 Å². The van der Waals surface area contributed by atoms with Gasteiger partial charge in [0.05, 0.1) is 18.7 Å². The summed E-state index contributed by atoms with van der Waals surface area (Å²) >= 11 is 0. The van der Waals surface area contributed by atoms with E-state index in [0.29, 0.717) is 23.4 Å². The van der Waals surface area contributed by atoms with Gasteiger partial charge in [-0.15, -0.1) is 0 Å². The fraction of sp³-hybridized carbons (Fsp3) is 0.296. The maximum atomic E-state index is 13.6. The Morgan fingerprint density at radius 1 is 1.12 bits per heavy atom. The standard InChI is InChI=1S/C27H28N4O2/c1-33-26-9-3-8-24(16-26)27(32)31(20-23-7-4-12-29-18-23)25-10-13-30(14-11-25)19-22-6-2-5-21(15-22)17-28/h2-9,12,15-16,18,25H,10-11,13-14,19-20H2,1H3. The summed E-state index contributed by atoms with van der Waals surface area (Å²) in [5.74, 6) is 0.689. The van der Waals surface area contributed by atoms with Gasteiger partial charge in [-0.3, -0.25) is 14.7 Å². The molecule has 0 N–H and O–H groups in total. The van der Waals surface area contributed by atoms with Crippen molar-refractivity contribution in [2.24, 2.45) is 0 Å². The van der Waals surface area contributed by atoms with Gasteiger partial charge in [-0.1, -0.05) is 24.3 Å². The van der Waals surface area contributed by atoms with Gasteiger partial charge in [0.15, 0.2) is 0 Å². The zero-order chi connectivity index (χ0) is 23.0. The Balaban J connectivity index is 1.48. The average molecular weight is 441 g/mol. The second-order valence-electron chi connectivity index (χ2n) is 8.35. The third-order valence-corrected chi connectivity index (χ3v) is 6.11. The summed E-state index contributed by atoms with van der Waals surface area (Å²) in [6, 6.07) is 21.4. The zero-order valence-corrected chi connectivity index (χ0v) is 18.9. The number of nitriles is 1. The first-order chi connectivity index (χ1) is 16.2. The molecule has 4 rings (SSSR count). The van der Waals surface area contributed by atoms with Crippen LogP contribution >= 0.6 is 0 Å². The van der Waals surface area contributed by atoms with Crippen molar-refractivity contribution in [3.8, 4) is 11.8 Å². The van der Waals surface area contributed by atoms with Crippen LogP contribution in [0.2, 0.25) is 0 Å². The summed E-state index contributed by atoms with van der Waals surface area (Å²) in [4.78, 5) is 22.2. The number of carbonyl (C=O) groups is 1. The number of methoxy groups -OCH3 is 1. The first-order valence-corrected chi connectivity index (χ1v) is 11.2. The Morgan fingerprint density at radius 3 is 2.64 bits per heavy atom. The van der Waals surface area contributed by atoms with E-state index >= 15 is 0 Å². The molecule has 2 aromatic carbocycles. The molecule has 1 aromatic heterocycles. The second-order valence-corrected chi connectivity index (χ2v) is 8.35. The van der Waals surface area contributed by atoms with E-state index < -0.39 is 0 Å². The number of piperidine rings is 1. The lowest BCUT2D eigenvalue weighted by molar-refractivity contribution is 0.0542. The summed E-state index contributed by atoms with van der Waals surface area (Å²) in [5, 5.41) is 9.15. The smallest absolute Gasteiger partial charge is 0.254 e. The van der Waals surface area contributed by atoms with Crippen molar-refractivity contribution in [1.82, 2.24) is 14.8 Å². The predicted octanol–water partition coefficient (Wildman–Crippen LogP) is 4.27. The minimum absolute atomic E-state index is 0.0120. The van der Waals surface area contributed by atoms with Gasteiger partial charge in [-0.2, -0.15) is 5.26 Å². The van der Waals surface area contributed by atoms with Crippen molar-refractivity contribution in [3.63, 3.8) is 0 Å². The molecule has 0 spiro atoms. The van der Waals surface area contributed by atoms with E-state index in [0.717, 1.165) is 43.6 Å². The summed E-state index contributed by atoms with van der Waals surface area (Å²) in [5.41, 5.74) is 3.49. The minimum Gasteiger partial charge on any atom is -0.497 e. The molecule has 3 aromatic rings. The lowest BCUT2D eigenvalue weighted by Gasteiger charge is -2.38. The molecule has 6 nitrogen and oxygen atoms in total. The highest BCUT2D eigenvalue weighted by Gasteiger charge is 2.29. The number of nitrogens with zero attached hydrogens (tertiary/aromatic N) is 4. The Hall–Kier alpha value is -3.69. The SMILES string of the molecule is COc1cccc(C(=O)N(Cc2cccnc2)C2CCN(Cc3cccc(C#N)c3)CC2)c1. The molecule has 33 heavy (non-hydrogen) atoms. The van der Waals surface area contributed by atoms with Crippen LogP contribution in [-0.2, 0) is 13.1 Å². The quantitative estimate of drug-likeness (QED) is 0.549. The van der Waals surface area contributed by atoms with E-state index in [2.05, 4.69) is 22.0 Å². The molecule has 1 saturated heterocycles. The summed E-state index contributed by atoms with van der Waals surface area (Å²) in [7, 11) is 1.61. The number of carbonyl (C=O) groups excluding carboxylic acids is 1. The number of benzene rings is 2. The maximum absolute atomic E-state index is 13.6. The second kappa shape index (κ2) is 10.8. The number of pyridine rings is 1. The van der Waals surface area contributed by atoms with E-state index in [1.54, 1.807) is 19.4 Å². The number of rotatable bonds is 7. The molecule has 2 heterocycles. The molecule has 0 unspecified atom stereocenters. The topological polar surface area (TPSA) is 69.5 Å². The first-order valence-electron chi connectivity index (χ1n) is 11.2. The minimum atomic E-state index is 0.0120. The van der Waals surface area contributed by atoms with Crippen LogP contribution in [0.1, 0.15) is 39.9 Å². The van der Waals surface area contributed by atoms with Gasteiger partial charge in [0.1, 0.15) is 5.75 Å². The molecular formula is C27H28N4O2. The van der Waals surface area contributed by atoms with Crippen LogP contribution < -0.4 is 4.74 Å². The molecule has 0 atom stereocenters. The third-order valence-electron chi connectivity index (χ3n) is 6.11. The lowest BCUT2D eigenvalue weighted by atomic mass is 10.00. The van der Waals surface area contributed by atoms with Gasteiger partial charge in [-0.25, -0.2) is 0 Å². The Kier molecular flexibility index (Phi) is 7.33. The summed E-state index contributed by atoms with van der Waals surface area (Å²) < 4.78 is 5.33. The maximum Gasteiger partial charge on any atom is 0.254 e. The number of aromatic nitrogens is 1. The number of hydrogen-bond acceptors (Lipinski definition) is 5. The monoisotopic (exact) mass is 440 g/mol. The molecule has 0 aliphatic carbocycles. The van der Waals surface area contributed by atoms with Crippen LogP contribution in [0, 0.1) is 11.3 Å². The van der Waals surface area contributed by atoms with E-state index in [1.807, 2.05) is 59.6 Å². The van der Waals surface area contributed by atoms with Crippen molar-refractivity contribution in [2.45, 2.75) is 32.0 Å². The Morgan fingerprint density at radius 2 is 1.91 bits per heavy atom. The van der Waals surface area contributed by atoms with E-state index in [4.69, 9.17) is 10.00 Å². The molecule has 1 aliphatic heterocycles. The first kappa shape index (κ1) is 22.5. The number of likely N-dealkylation sites (tertiary alicyclic amines) is 1. The van der Waals surface area contributed by atoms with Crippen LogP contribution in [0.3, 0.4) is 0 Å². The Bertz CT molecular complexity index is 1120. The van der Waals surface area contributed by atoms with Crippen LogP contribution in [0.15, 0.2) is 73.1 Å². The molecule has 0 bridgehead atoms. The lowest BCUT2D eigenvalue weighted by Crippen LogP contribution is -2.46. The van der Waals surface area contributed by atoms with Gasteiger partial charge < -0.3 is 9.64 Å². The van der Waals surface area contributed by atoms with Crippen LogP contribution in [0.5, 0.6) is 5.75 Å². The molecule has 0 radical (unpaired) electrons. The summed E-state index contributed by atoms with van der Waals surface area (Å²) in [6.45, 7) is 3.14. The molecular weight excluding hydrogens is 412 g/mol. The third kappa shape index (κ3) is 5.76. The zero-order valence-electron chi connectivity index (χ0n) is 18.9. The molecule has 1 fully saturated rings. The average Bonchev–Trinajstić information content (AvgIpc) is 2.88. The molecule has 1 amide bonds. The van der Waals surface area contributed by atoms with Crippen LogP contribution in [-0.4, -0.2) is 46.9 Å². The number of hydrogen-bond donors (Lipinski definition) is 0. The normalized spacial score (nSPS) is 14.4. The van der Waals surface area contributed by atoms with Crippen LogP contribution in [0.4, 0.5) is 0 Å². The highest BCUT2D eigenvalue weighted by molar-refractivity contribution is 5.94. The predicted molar refractivity (Wildman–Crippen MR) is 127 cm³/mol. The number of ether oxygens (including phenoxy) is 1. The fourth-order valence-electron chi connectivity index (χ4n) is 4.36. The van der Waals surface area contributed by atoms with Gasteiger partial charge >= 0.3 is 0 Å². The summed E-state index contributed by atoms with van der Waals surface area (Å²) in [6.07, 6.45) is 5.36. The van der Waals surface area contributed by atoms with Crippen molar-refractivity contribution in [3.05, 3.63) is 95.3 Å². The fourth-order valence-corrected chi connectivity index (χ4v) is 4.36. The number of amides is 1. The van der Waals surface area contributed by atoms with Gasteiger partial charge in [0, 0.05) is 50.2 Å². The van der Waals surface area contributed by atoms with Crippen molar-refractivity contribution in [2.75, 3.05) is 20.2 Å². The highest BCUT2D eigenvalue weighted by atomic mass is 16.5. The van der Waals surface area contributed by atoms with Crippen LogP contribution in [0.25, 0.3) is 0 Å². The highest BCUT2D eigenvalue weighted by Crippen LogP contribution is 2.24. The van der Waals surface area contributed by atoms with E-state index in [1.165, 1.54) is 0 Å². The van der Waals surface area contributed by atoms with Crippen molar-refractivity contribution in [1.29, 1.82) is 5.26 Å². The van der Waals surface area contributed by atoms with E-state index in [-0.39, 0.29) is 11.9 Å². The molecule has 168 valence electrons. The van der Waals surface area contributed by atoms with E-state index in [9.17, 15) is 4.79 Å². The largest absolute Gasteiger partial charge is 0.497 e. The molecule has 6 heteroatoms. The van der Waals surface area contributed by atoms with Crippen molar-refractivity contribution < 1.29 is 9.53 Å². The molecule has 1 aliphatic rings. The van der Waals surface area contributed by atoms with Gasteiger partial charge in [0.2, 0.25) is 0 Å². The molecule has 0 saturated carbocycles. The Labute approximate surface area is 195 Å².